The fraction of sp³-hybridized carbons (Fsp3) is 0.706. The van der Waals surface area contributed by atoms with Crippen molar-refractivity contribution in [1.29, 1.82) is 0 Å². The monoisotopic (exact) mass is 276 g/mol. The van der Waals surface area contributed by atoms with E-state index in [-0.39, 0.29) is 12.5 Å². The maximum atomic E-state index is 9.56. The van der Waals surface area contributed by atoms with Crippen molar-refractivity contribution in [3.05, 3.63) is 30.1 Å². The smallest absolute Gasteiger partial charge is 0.0475 e. The third-order valence-electron chi connectivity index (χ3n) is 4.58. The van der Waals surface area contributed by atoms with Crippen LogP contribution in [0.15, 0.2) is 24.4 Å². The zero-order valence-corrected chi connectivity index (χ0v) is 12.8. The fourth-order valence-electron chi connectivity index (χ4n) is 3.30. The first-order valence-electron chi connectivity index (χ1n) is 7.93. The van der Waals surface area contributed by atoms with Gasteiger partial charge in [-0.05, 0) is 55.6 Å². The van der Waals surface area contributed by atoms with E-state index >= 15 is 0 Å². The Morgan fingerprint density at radius 2 is 2.20 bits per heavy atom. The molecule has 2 rings (SSSR count). The second kappa shape index (κ2) is 7.75. The topological polar surface area (TPSA) is 45.1 Å². The molecule has 1 saturated carbocycles. The van der Waals surface area contributed by atoms with Crippen LogP contribution < -0.4 is 5.32 Å². The third kappa shape index (κ3) is 4.57. The first-order valence-corrected chi connectivity index (χ1v) is 7.93. The highest BCUT2D eigenvalue weighted by molar-refractivity contribution is 5.04. The molecule has 2 N–H and O–H groups in total. The molecule has 1 aromatic rings. The van der Waals surface area contributed by atoms with Gasteiger partial charge in [-0.3, -0.25) is 4.98 Å². The Morgan fingerprint density at radius 3 is 2.85 bits per heavy atom. The molecule has 112 valence electrons. The Morgan fingerprint density at radius 1 is 1.35 bits per heavy atom. The molecule has 1 aromatic heterocycles. The summed E-state index contributed by atoms with van der Waals surface area (Å²) in [7, 11) is 0. The number of aliphatic hydroxyl groups excluding tert-OH is 1. The van der Waals surface area contributed by atoms with Gasteiger partial charge in [0.25, 0.3) is 0 Å². The average molecular weight is 276 g/mol. The molecule has 1 fully saturated rings. The van der Waals surface area contributed by atoms with Gasteiger partial charge in [-0.15, -0.1) is 0 Å². The van der Waals surface area contributed by atoms with E-state index in [1.807, 2.05) is 24.4 Å². The van der Waals surface area contributed by atoms with Crippen molar-refractivity contribution in [3.63, 3.8) is 0 Å². The van der Waals surface area contributed by atoms with Crippen LogP contribution in [-0.4, -0.2) is 29.3 Å². The summed E-state index contributed by atoms with van der Waals surface area (Å²) in [6.45, 7) is 5.81. The highest BCUT2D eigenvalue weighted by Gasteiger charge is 2.25. The minimum atomic E-state index is 0.223. The molecule has 4 atom stereocenters. The van der Waals surface area contributed by atoms with Gasteiger partial charge in [0, 0.05) is 31.1 Å². The van der Waals surface area contributed by atoms with Crippen molar-refractivity contribution in [2.75, 3.05) is 13.2 Å². The molecule has 1 heterocycles. The van der Waals surface area contributed by atoms with Crippen molar-refractivity contribution >= 4 is 0 Å². The average Bonchev–Trinajstić information content (AvgIpc) is 2.46. The van der Waals surface area contributed by atoms with Crippen LogP contribution in [0.3, 0.4) is 0 Å². The van der Waals surface area contributed by atoms with Gasteiger partial charge >= 0.3 is 0 Å². The largest absolute Gasteiger partial charge is 0.396 e. The number of aliphatic hydroxyl groups is 1. The number of pyridine rings is 1. The summed E-state index contributed by atoms with van der Waals surface area (Å²) in [6.07, 6.45) is 6.58. The van der Waals surface area contributed by atoms with Gasteiger partial charge in [-0.25, -0.2) is 0 Å². The van der Waals surface area contributed by atoms with Crippen LogP contribution in [0, 0.1) is 17.8 Å². The number of nitrogens with one attached hydrogen (secondary N) is 1. The lowest BCUT2D eigenvalue weighted by Gasteiger charge is -2.34. The number of aromatic nitrogens is 1. The predicted molar refractivity (Wildman–Crippen MR) is 82.5 cm³/mol. The van der Waals surface area contributed by atoms with Gasteiger partial charge in [-0.2, -0.15) is 0 Å². The maximum Gasteiger partial charge on any atom is 0.0475 e. The molecular weight excluding hydrogens is 248 g/mol. The van der Waals surface area contributed by atoms with Crippen LogP contribution in [0.1, 0.15) is 38.8 Å². The Labute approximate surface area is 122 Å². The molecule has 0 unspecified atom stereocenters. The minimum Gasteiger partial charge on any atom is -0.396 e. The predicted octanol–water partition coefficient (Wildman–Crippen LogP) is 2.65. The number of rotatable bonds is 6. The molecule has 3 heteroatoms. The Kier molecular flexibility index (Phi) is 5.99. The molecule has 3 nitrogen and oxygen atoms in total. The summed E-state index contributed by atoms with van der Waals surface area (Å²) < 4.78 is 0. The van der Waals surface area contributed by atoms with E-state index in [0.717, 1.165) is 30.5 Å². The summed E-state index contributed by atoms with van der Waals surface area (Å²) in [5, 5.41) is 13.2. The maximum absolute atomic E-state index is 9.56. The van der Waals surface area contributed by atoms with Crippen molar-refractivity contribution in [3.8, 4) is 0 Å². The molecule has 20 heavy (non-hydrogen) atoms. The lowest BCUT2D eigenvalue weighted by molar-refractivity contribution is 0.188. The minimum absolute atomic E-state index is 0.223. The van der Waals surface area contributed by atoms with Crippen molar-refractivity contribution in [2.45, 2.75) is 45.6 Å². The quantitative estimate of drug-likeness (QED) is 0.839. The number of hydrogen-bond acceptors (Lipinski definition) is 3. The van der Waals surface area contributed by atoms with Crippen LogP contribution in [0.2, 0.25) is 0 Å². The summed E-state index contributed by atoms with van der Waals surface area (Å²) >= 11 is 0. The van der Waals surface area contributed by atoms with Gasteiger partial charge in [0.1, 0.15) is 0 Å². The molecular formula is C17H28N2O. The number of hydrogen-bond donors (Lipinski definition) is 2. The van der Waals surface area contributed by atoms with E-state index in [1.165, 1.54) is 19.3 Å². The highest BCUT2D eigenvalue weighted by Crippen LogP contribution is 2.28. The highest BCUT2D eigenvalue weighted by atomic mass is 16.3. The summed E-state index contributed by atoms with van der Waals surface area (Å²) in [6, 6.07) is 6.59. The third-order valence-corrected chi connectivity index (χ3v) is 4.58. The normalized spacial score (nSPS) is 28.2. The molecule has 0 radical (unpaired) electrons. The molecule has 0 saturated heterocycles. The first kappa shape index (κ1) is 15.5. The van der Waals surface area contributed by atoms with E-state index in [2.05, 4.69) is 24.1 Å². The van der Waals surface area contributed by atoms with E-state index in [1.54, 1.807) is 0 Å². The standard InChI is InChI=1S/C17H28N2O/c1-13-6-7-17(14(2)9-13)19-11-15(12-20)10-16-5-3-4-8-18-16/h3-5,8,13-15,17,19-20H,6-7,9-12H2,1-2H3/t13-,14-,15-,17+/m1/s1. The second-order valence-electron chi connectivity index (χ2n) is 6.48. The zero-order valence-electron chi connectivity index (χ0n) is 12.8. The SMILES string of the molecule is C[C@@H]1CC[C@H](NC[C@H](CO)Cc2ccccn2)[C@H](C)C1. The van der Waals surface area contributed by atoms with Gasteiger partial charge in [0.05, 0.1) is 0 Å². The van der Waals surface area contributed by atoms with Gasteiger partial charge in [0.15, 0.2) is 0 Å². The Hall–Kier alpha value is -0.930. The van der Waals surface area contributed by atoms with E-state index in [9.17, 15) is 5.11 Å². The second-order valence-corrected chi connectivity index (χ2v) is 6.48. The van der Waals surface area contributed by atoms with E-state index in [0.29, 0.717) is 6.04 Å². The van der Waals surface area contributed by atoms with Crippen LogP contribution in [0.5, 0.6) is 0 Å². The summed E-state index contributed by atoms with van der Waals surface area (Å²) in [4.78, 5) is 4.35. The molecule has 0 aromatic carbocycles. The van der Waals surface area contributed by atoms with Gasteiger partial charge in [0.2, 0.25) is 0 Å². The van der Waals surface area contributed by atoms with E-state index in [4.69, 9.17) is 0 Å². The molecule has 1 aliphatic carbocycles. The van der Waals surface area contributed by atoms with Crippen LogP contribution >= 0.6 is 0 Å². The first-order chi connectivity index (χ1) is 9.69. The fourth-order valence-corrected chi connectivity index (χ4v) is 3.30. The van der Waals surface area contributed by atoms with E-state index < -0.39 is 0 Å². The van der Waals surface area contributed by atoms with Crippen molar-refractivity contribution < 1.29 is 5.11 Å². The molecule has 1 aliphatic rings. The van der Waals surface area contributed by atoms with Gasteiger partial charge in [-0.1, -0.05) is 19.9 Å². The zero-order chi connectivity index (χ0) is 14.4. The van der Waals surface area contributed by atoms with Crippen LogP contribution in [-0.2, 0) is 6.42 Å². The van der Waals surface area contributed by atoms with Gasteiger partial charge < -0.3 is 10.4 Å². The summed E-state index contributed by atoms with van der Waals surface area (Å²) in [5.41, 5.74) is 1.07. The lowest BCUT2D eigenvalue weighted by atomic mass is 9.79. The Balaban J connectivity index is 1.79. The number of nitrogens with zero attached hydrogens (tertiary/aromatic N) is 1. The molecule has 0 aliphatic heterocycles. The van der Waals surface area contributed by atoms with Crippen LogP contribution in [0.4, 0.5) is 0 Å². The Bertz CT molecular complexity index is 382. The van der Waals surface area contributed by atoms with Crippen molar-refractivity contribution in [2.24, 2.45) is 17.8 Å². The van der Waals surface area contributed by atoms with Crippen LogP contribution in [0.25, 0.3) is 0 Å². The molecule has 0 amide bonds. The molecule has 0 spiro atoms. The lowest BCUT2D eigenvalue weighted by Crippen LogP contribution is -2.42. The molecule has 0 bridgehead atoms. The summed E-state index contributed by atoms with van der Waals surface area (Å²) in [5.74, 6) is 1.87. The van der Waals surface area contributed by atoms with Crippen molar-refractivity contribution in [1.82, 2.24) is 10.3 Å².